The number of carbonyl (C=O) groups excluding carboxylic acids is 2. The maximum Gasteiger partial charge on any atom is 0.471 e. The van der Waals surface area contributed by atoms with Crippen LogP contribution in [0.5, 0.6) is 0 Å². The number of carboxylic acid groups (broad SMARTS) is 1. The number of aliphatic carboxylic acids is 1. The van der Waals surface area contributed by atoms with E-state index in [1.807, 2.05) is 0 Å². The zero-order chi connectivity index (χ0) is 15.3. The Kier molecular flexibility index (Phi) is 4.84. The Morgan fingerprint density at radius 1 is 1.10 bits per heavy atom. The number of carboxylic acids is 1. The van der Waals surface area contributed by atoms with Crippen molar-refractivity contribution in [1.82, 2.24) is 5.32 Å². The summed E-state index contributed by atoms with van der Waals surface area (Å²) < 4.78 is 35.7. The monoisotopic (exact) mass is 289 g/mol. The Balaban J connectivity index is 2.60. The molecule has 0 unspecified atom stereocenters. The van der Waals surface area contributed by atoms with E-state index in [0.29, 0.717) is 5.56 Å². The molecule has 0 heterocycles. The summed E-state index contributed by atoms with van der Waals surface area (Å²) in [5.41, 5.74) is 0.537. The number of hydrogen-bond acceptors (Lipinski definition) is 3. The van der Waals surface area contributed by atoms with E-state index in [-0.39, 0.29) is 12.0 Å². The first-order chi connectivity index (χ1) is 9.20. The molecule has 8 heteroatoms. The lowest BCUT2D eigenvalue weighted by Gasteiger charge is -2.07. The normalized spacial score (nSPS) is 10.9. The first kappa shape index (κ1) is 15.7. The minimum atomic E-state index is -5.04. The highest BCUT2D eigenvalue weighted by molar-refractivity contribution is 5.99. The van der Waals surface area contributed by atoms with E-state index in [0.717, 1.165) is 0 Å². The van der Waals surface area contributed by atoms with Crippen LogP contribution in [0, 0.1) is 0 Å². The number of nitrogens with one attached hydrogen (secondary N) is 1. The van der Waals surface area contributed by atoms with Crippen LogP contribution in [-0.4, -0.2) is 35.5 Å². The average Bonchev–Trinajstić information content (AvgIpc) is 2.34. The molecule has 5 nitrogen and oxygen atoms in total. The standard InChI is InChI=1S/C12H10F3NO4/c13-12(14,15)11(20)16-6-9(17)8-3-1-7(2-4-8)5-10(18)19/h1-4H,5-6H2,(H,16,20)(H,18,19). The van der Waals surface area contributed by atoms with Gasteiger partial charge in [-0.15, -0.1) is 0 Å². The van der Waals surface area contributed by atoms with Gasteiger partial charge in [0.2, 0.25) is 0 Å². The summed E-state index contributed by atoms with van der Waals surface area (Å²) in [6, 6.07) is 5.35. The van der Waals surface area contributed by atoms with E-state index >= 15 is 0 Å². The molecule has 1 rings (SSSR count). The number of amides is 1. The summed E-state index contributed by atoms with van der Waals surface area (Å²) in [4.78, 5) is 32.5. The van der Waals surface area contributed by atoms with Crippen molar-refractivity contribution in [2.45, 2.75) is 12.6 Å². The maximum atomic E-state index is 11.9. The van der Waals surface area contributed by atoms with Gasteiger partial charge in [0.05, 0.1) is 13.0 Å². The van der Waals surface area contributed by atoms with Crippen molar-refractivity contribution in [3.63, 3.8) is 0 Å². The first-order valence-corrected chi connectivity index (χ1v) is 5.39. The molecular formula is C12H10F3NO4. The number of carbonyl (C=O) groups is 3. The van der Waals surface area contributed by atoms with Crippen LogP contribution < -0.4 is 5.32 Å². The highest BCUT2D eigenvalue weighted by Gasteiger charge is 2.38. The average molecular weight is 289 g/mol. The minimum absolute atomic E-state index is 0.0848. The summed E-state index contributed by atoms with van der Waals surface area (Å²) in [5, 5.41) is 10.0. The topological polar surface area (TPSA) is 83.5 Å². The molecule has 1 amide bonds. The molecule has 108 valence electrons. The number of ketones is 1. The third kappa shape index (κ3) is 4.71. The van der Waals surface area contributed by atoms with Gasteiger partial charge < -0.3 is 10.4 Å². The molecule has 0 aliphatic heterocycles. The van der Waals surface area contributed by atoms with Crippen molar-refractivity contribution in [2.24, 2.45) is 0 Å². The van der Waals surface area contributed by atoms with Crippen LogP contribution in [0.2, 0.25) is 0 Å². The summed E-state index contributed by atoms with van der Waals surface area (Å²) in [6.07, 6.45) is -5.26. The minimum Gasteiger partial charge on any atom is -0.481 e. The highest BCUT2D eigenvalue weighted by atomic mass is 19.4. The van der Waals surface area contributed by atoms with Crippen molar-refractivity contribution < 1.29 is 32.7 Å². The van der Waals surface area contributed by atoms with Gasteiger partial charge >= 0.3 is 18.1 Å². The summed E-state index contributed by atoms with van der Waals surface area (Å²) in [7, 11) is 0. The van der Waals surface area contributed by atoms with Crippen molar-refractivity contribution in [3.8, 4) is 0 Å². The molecule has 0 radical (unpaired) electrons. The summed E-state index contributed by atoms with van der Waals surface area (Å²) in [5.74, 6) is -3.93. The quantitative estimate of drug-likeness (QED) is 0.797. The lowest BCUT2D eigenvalue weighted by atomic mass is 10.1. The van der Waals surface area contributed by atoms with E-state index in [4.69, 9.17) is 5.11 Å². The Labute approximate surface area is 111 Å². The lowest BCUT2D eigenvalue weighted by Crippen LogP contribution is -2.39. The number of Topliss-reactive ketones (excluding diaryl/α,β-unsaturated/α-hetero) is 1. The predicted molar refractivity (Wildman–Crippen MR) is 61.2 cm³/mol. The van der Waals surface area contributed by atoms with Crippen molar-refractivity contribution in [3.05, 3.63) is 35.4 Å². The van der Waals surface area contributed by atoms with Crippen LogP contribution >= 0.6 is 0 Å². The van der Waals surface area contributed by atoms with Gasteiger partial charge in [0.1, 0.15) is 0 Å². The number of alkyl halides is 3. The van der Waals surface area contributed by atoms with Crippen LogP contribution in [0.1, 0.15) is 15.9 Å². The van der Waals surface area contributed by atoms with Gasteiger partial charge in [-0.3, -0.25) is 14.4 Å². The van der Waals surface area contributed by atoms with Crippen LogP contribution in [0.25, 0.3) is 0 Å². The number of benzene rings is 1. The highest BCUT2D eigenvalue weighted by Crippen LogP contribution is 2.14. The zero-order valence-corrected chi connectivity index (χ0v) is 10.0. The Morgan fingerprint density at radius 2 is 1.65 bits per heavy atom. The smallest absolute Gasteiger partial charge is 0.471 e. The lowest BCUT2D eigenvalue weighted by molar-refractivity contribution is -0.173. The molecule has 1 aromatic rings. The van der Waals surface area contributed by atoms with Crippen LogP contribution in [0.15, 0.2) is 24.3 Å². The second-order valence-electron chi connectivity index (χ2n) is 3.87. The molecule has 2 N–H and O–H groups in total. The largest absolute Gasteiger partial charge is 0.481 e. The molecule has 0 fully saturated rings. The van der Waals surface area contributed by atoms with Gasteiger partial charge in [0.15, 0.2) is 5.78 Å². The molecule has 0 aliphatic rings. The molecule has 0 bridgehead atoms. The van der Waals surface area contributed by atoms with Gasteiger partial charge in [0.25, 0.3) is 0 Å². The molecule has 0 saturated heterocycles. The fourth-order valence-corrected chi connectivity index (χ4v) is 1.35. The second-order valence-corrected chi connectivity index (χ2v) is 3.87. The fraction of sp³-hybridized carbons (Fsp3) is 0.250. The second kappa shape index (κ2) is 6.18. The third-order valence-electron chi connectivity index (χ3n) is 2.30. The molecule has 20 heavy (non-hydrogen) atoms. The molecule has 0 atom stereocenters. The first-order valence-electron chi connectivity index (χ1n) is 5.39. The summed E-state index contributed by atoms with van der Waals surface area (Å²) in [6.45, 7) is -0.781. The van der Waals surface area contributed by atoms with Crippen molar-refractivity contribution in [2.75, 3.05) is 6.54 Å². The number of halogens is 3. The molecule has 0 aliphatic carbocycles. The van der Waals surface area contributed by atoms with Gasteiger partial charge in [-0.05, 0) is 5.56 Å². The molecule has 1 aromatic carbocycles. The SMILES string of the molecule is O=C(O)Cc1ccc(C(=O)CNC(=O)C(F)(F)F)cc1. The molecule has 0 aromatic heterocycles. The van der Waals surface area contributed by atoms with Gasteiger partial charge in [0, 0.05) is 5.56 Å². The molecule has 0 saturated carbocycles. The Morgan fingerprint density at radius 3 is 2.10 bits per heavy atom. The van der Waals surface area contributed by atoms with E-state index in [2.05, 4.69) is 0 Å². The van der Waals surface area contributed by atoms with Crippen LogP contribution in [0.4, 0.5) is 13.2 Å². The number of rotatable bonds is 5. The predicted octanol–water partition coefficient (Wildman–Crippen LogP) is 1.17. The third-order valence-corrected chi connectivity index (χ3v) is 2.30. The van der Waals surface area contributed by atoms with E-state index in [1.54, 1.807) is 0 Å². The van der Waals surface area contributed by atoms with Gasteiger partial charge in [-0.25, -0.2) is 0 Å². The maximum absolute atomic E-state index is 11.9. The van der Waals surface area contributed by atoms with Crippen molar-refractivity contribution in [1.29, 1.82) is 0 Å². The summed E-state index contributed by atoms with van der Waals surface area (Å²) >= 11 is 0. The molecule has 0 spiro atoms. The Hall–Kier alpha value is -2.38. The van der Waals surface area contributed by atoms with Crippen LogP contribution in [0.3, 0.4) is 0 Å². The van der Waals surface area contributed by atoms with Gasteiger partial charge in [-0.2, -0.15) is 13.2 Å². The van der Waals surface area contributed by atoms with Gasteiger partial charge in [-0.1, -0.05) is 24.3 Å². The fourth-order valence-electron chi connectivity index (χ4n) is 1.35. The van der Waals surface area contributed by atoms with E-state index in [9.17, 15) is 27.6 Å². The van der Waals surface area contributed by atoms with Crippen molar-refractivity contribution >= 4 is 17.7 Å². The van der Waals surface area contributed by atoms with Crippen LogP contribution in [-0.2, 0) is 16.0 Å². The zero-order valence-electron chi connectivity index (χ0n) is 10.0. The molecular weight excluding hydrogens is 279 g/mol. The van der Waals surface area contributed by atoms with E-state index < -0.39 is 30.4 Å². The van der Waals surface area contributed by atoms with E-state index in [1.165, 1.54) is 29.6 Å². The Bertz CT molecular complexity index is 522. The number of hydrogen-bond donors (Lipinski definition) is 2.